The van der Waals surface area contributed by atoms with E-state index in [4.69, 9.17) is 4.42 Å². The molecule has 1 saturated heterocycles. The molecular formula is C17H22N2OS. The highest BCUT2D eigenvalue weighted by Gasteiger charge is 2.28. The Hall–Kier alpha value is -1.42. The number of benzene rings is 1. The van der Waals surface area contributed by atoms with Gasteiger partial charge in [-0.2, -0.15) is 11.8 Å². The Morgan fingerprint density at radius 1 is 1.29 bits per heavy atom. The SMILES string of the molecule is Cc1nc(-c2ccc(NC3CSCC(C)(C)C3)cc2)co1. The normalized spacial score (nSPS) is 21.2. The minimum absolute atomic E-state index is 0.429. The Morgan fingerprint density at radius 3 is 2.67 bits per heavy atom. The van der Waals surface area contributed by atoms with Crippen LogP contribution in [0.5, 0.6) is 0 Å². The number of aromatic nitrogens is 1. The number of anilines is 1. The molecule has 1 atom stereocenters. The molecule has 1 fully saturated rings. The predicted molar refractivity (Wildman–Crippen MR) is 89.8 cm³/mol. The molecule has 1 unspecified atom stereocenters. The highest BCUT2D eigenvalue weighted by atomic mass is 32.2. The summed E-state index contributed by atoms with van der Waals surface area (Å²) in [6.45, 7) is 6.57. The van der Waals surface area contributed by atoms with Crippen LogP contribution in [0.2, 0.25) is 0 Å². The van der Waals surface area contributed by atoms with E-state index in [9.17, 15) is 0 Å². The van der Waals surface area contributed by atoms with Crippen molar-refractivity contribution in [1.29, 1.82) is 0 Å². The van der Waals surface area contributed by atoms with E-state index >= 15 is 0 Å². The lowest BCUT2D eigenvalue weighted by molar-refractivity contribution is 0.358. The van der Waals surface area contributed by atoms with Crippen LogP contribution in [-0.2, 0) is 0 Å². The highest BCUT2D eigenvalue weighted by molar-refractivity contribution is 7.99. The number of nitrogens with zero attached hydrogens (tertiary/aromatic N) is 1. The van der Waals surface area contributed by atoms with Crippen LogP contribution in [0.25, 0.3) is 11.3 Å². The molecule has 1 aromatic carbocycles. The van der Waals surface area contributed by atoms with Gasteiger partial charge in [0, 0.05) is 30.0 Å². The summed E-state index contributed by atoms with van der Waals surface area (Å²) >= 11 is 2.05. The minimum Gasteiger partial charge on any atom is -0.449 e. The Bertz CT molecular complexity index is 604. The van der Waals surface area contributed by atoms with Crippen LogP contribution in [0.4, 0.5) is 5.69 Å². The standard InChI is InChI=1S/C17H22N2OS/c1-12-18-16(9-20-12)13-4-6-14(7-5-13)19-15-8-17(2,3)11-21-10-15/h4-7,9,15,19H,8,10-11H2,1-3H3. The molecule has 0 aliphatic carbocycles. The lowest BCUT2D eigenvalue weighted by Gasteiger charge is -2.35. The van der Waals surface area contributed by atoms with Crippen molar-refractivity contribution in [1.82, 2.24) is 4.98 Å². The summed E-state index contributed by atoms with van der Waals surface area (Å²) in [4.78, 5) is 4.35. The summed E-state index contributed by atoms with van der Waals surface area (Å²) in [6, 6.07) is 9.01. The Balaban J connectivity index is 1.67. The number of thioether (sulfide) groups is 1. The molecule has 1 aliphatic heterocycles. The third kappa shape index (κ3) is 3.62. The molecule has 1 N–H and O–H groups in total. The van der Waals surface area contributed by atoms with Gasteiger partial charge in [-0.1, -0.05) is 26.0 Å². The molecule has 21 heavy (non-hydrogen) atoms. The molecule has 0 saturated carbocycles. The average Bonchev–Trinajstić information content (AvgIpc) is 2.85. The molecule has 1 aromatic heterocycles. The van der Waals surface area contributed by atoms with Gasteiger partial charge in [-0.25, -0.2) is 4.98 Å². The fourth-order valence-corrected chi connectivity index (χ4v) is 4.10. The monoisotopic (exact) mass is 302 g/mol. The highest BCUT2D eigenvalue weighted by Crippen LogP contribution is 2.34. The van der Waals surface area contributed by atoms with E-state index in [0.717, 1.165) is 11.3 Å². The summed E-state index contributed by atoms with van der Waals surface area (Å²) < 4.78 is 5.26. The van der Waals surface area contributed by atoms with Crippen molar-refractivity contribution in [2.75, 3.05) is 16.8 Å². The summed E-state index contributed by atoms with van der Waals surface area (Å²) in [6.07, 6.45) is 2.93. The van der Waals surface area contributed by atoms with E-state index in [2.05, 4.69) is 48.4 Å². The first-order valence-electron chi connectivity index (χ1n) is 7.39. The lowest BCUT2D eigenvalue weighted by Crippen LogP contribution is -2.35. The van der Waals surface area contributed by atoms with Crippen LogP contribution < -0.4 is 5.32 Å². The van der Waals surface area contributed by atoms with E-state index < -0.39 is 0 Å². The van der Waals surface area contributed by atoms with Gasteiger partial charge in [-0.15, -0.1) is 0 Å². The zero-order valence-electron chi connectivity index (χ0n) is 12.8. The molecule has 4 heteroatoms. The van der Waals surface area contributed by atoms with Crippen molar-refractivity contribution in [3.05, 3.63) is 36.4 Å². The quantitative estimate of drug-likeness (QED) is 0.899. The third-order valence-corrected chi connectivity index (χ3v) is 5.40. The first kappa shape index (κ1) is 14.5. The maximum absolute atomic E-state index is 5.26. The van der Waals surface area contributed by atoms with Gasteiger partial charge in [0.25, 0.3) is 0 Å². The van der Waals surface area contributed by atoms with E-state index in [-0.39, 0.29) is 0 Å². The third-order valence-electron chi connectivity index (χ3n) is 3.78. The first-order chi connectivity index (χ1) is 10.0. The van der Waals surface area contributed by atoms with Crippen molar-refractivity contribution in [2.24, 2.45) is 5.41 Å². The molecule has 3 rings (SSSR count). The lowest BCUT2D eigenvalue weighted by atomic mass is 9.88. The maximum Gasteiger partial charge on any atom is 0.191 e. The Labute approximate surface area is 130 Å². The van der Waals surface area contributed by atoms with Crippen molar-refractivity contribution in [2.45, 2.75) is 33.2 Å². The number of hydrogen-bond acceptors (Lipinski definition) is 4. The average molecular weight is 302 g/mol. The van der Waals surface area contributed by atoms with E-state index in [1.165, 1.54) is 23.6 Å². The van der Waals surface area contributed by atoms with Crippen LogP contribution in [0.3, 0.4) is 0 Å². The van der Waals surface area contributed by atoms with Gasteiger partial charge in [-0.3, -0.25) is 0 Å². The Kier molecular flexibility index (Phi) is 3.98. The summed E-state index contributed by atoms with van der Waals surface area (Å²) in [7, 11) is 0. The van der Waals surface area contributed by atoms with E-state index in [0.29, 0.717) is 17.3 Å². The number of rotatable bonds is 3. The topological polar surface area (TPSA) is 38.1 Å². The molecule has 0 amide bonds. The summed E-state index contributed by atoms with van der Waals surface area (Å²) in [5, 5.41) is 3.66. The smallest absolute Gasteiger partial charge is 0.191 e. The van der Waals surface area contributed by atoms with Crippen LogP contribution in [0.1, 0.15) is 26.2 Å². The van der Waals surface area contributed by atoms with Crippen LogP contribution >= 0.6 is 11.8 Å². The molecule has 1 aliphatic rings. The minimum atomic E-state index is 0.429. The molecule has 112 valence electrons. The number of hydrogen-bond donors (Lipinski definition) is 1. The predicted octanol–water partition coefficient (Wildman–Crippen LogP) is 4.59. The molecule has 0 spiro atoms. The van der Waals surface area contributed by atoms with Crippen LogP contribution in [0, 0.1) is 12.3 Å². The van der Waals surface area contributed by atoms with Gasteiger partial charge in [0.15, 0.2) is 5.89 Å². The second-order valence-electron chi connectivity index (χ2n) is 6.55. The second kappa shape index (κ2) is 5.76. The van der Waals surface area contributed by atoms with Crippen molar-refractivity contribution < 1.29 is 4.42 Å². The molecule has 0 radical (unpaired) electrons. The molecule has 2 heterocycles. The first-order valence-corrected chi connectivity index (χ1v) is 8.54. The maximum atomic E-state index is 5.26. The van der Waals surface area contributed by atoms with Gasteiger partial charge in [0.1, 0.15) is 12.0 Å². The second-order valence-corrected chi connectivity index (χ2v) is 7.58. The Morgan fingerprint density at radius 2 is 2.05 bits per heavy atom. The molecule has 2 aromatic rings. The van der Waals surface area contributed by atoms with Crippen molar-refractivity contribution in [3.63, 3.8) is 0 Å². The van der Waals surface area contributed by atoms with Crippen molar-refractivity contribution in [3.8, 4) is 11.3 Å². The van der Waals surface area contributed by atoms with Gasteiger partial charge in [0.05, 0.1) is 0 Å². The largest absolute Gasteiger partial charge is 0.449 e. The molecule has 3 nitrogen and oxygen atoms in total. The van der Waals surface area contributed by atoms with Crippen molar-refractivity contribution >= 4 is 17.4 Å². The number of oxazole rings is 1. The van der Waals surface area contributed by atoms with Gasteiger partial charge >= 0.3 is 0 Å². The fraction of sp³-hybridized carbons (Fsp3) is 0.471. The summed E-state index contributed by atoms with van der Waals surface area (Å²) in [5.41, 5.74) is 3.60. The zero-order valence-corrected chi connectivity index (χ0v) is 13.7. The van der Waals surface area contributed by atoms with Gasteiger partial charge < -0.3 is 9.73 Å². The van der Waals surface area contributed by atoms with Crippen LogP contribution in [0.15, 0.2) is 34.9 Å². The van der Waals surface area contributed by atoms with E-state index in [1.54, 1.807) is 6.26 Å². The van der Waals surface area contributed by atoms with Gasteiger partial charge in [-0.05, 0) is 29.7 Å². The summed E-state index contributed by atoms with van der Waals surface area (Å²) in [5.74, 6) is 3.15. The fourth-order valence-electron chi connectivity index (χ4n) is 2.82. The molecule has 0 bridgehead atoms. The number of nitrogens with one attached hydrogen (secondary N) is 1. The zero-order chi connectivity index (χ0) is 14.9. The van der Waals surface area contributed by atoms with Crippen LogP contribution in [-0.4, -0.2) is 22.5 Å². The molecular weight excluding hydrogens is 280 g/mol. The van der Waals surface area contributed by atoms with E-state index in [1.807, 2.05) is 18.7 Å². The van der Waals surface area contributed by atoms with Gasteiger partial charge in [0.2, 0.25) is 0 Å². The number of aryl methyl sites for hydroxylation is 1.